The molecule has 1 heterocycles. The zero-order chi connectivity index (χ0) is 17.0. The van der Waals surface area contributed by atoms with E-state index in [1.54, 1.807) is 30.4 Å². The molecule has 1 aromatic heterocycles. The average molecular weight is 307 g/mol. The van der Waals surface area contributed by atoms with Gasteiger partial charge in [0.2, 0.25) is 0 Å². The van der Waals surface area contributed by atoms with Gasteiger partial charge in [-0.05, 0) is 18.6 Å². The highest BCUT2D eigenvalue weighted by Gasteiger charge is 2.34. The fraction of sp³-hybridized carbons (Fsp3) is 0.105. The number of hydrogen-bond acceptors (Lipinski definition) is 4. The third-order valence-corrected chi connectivity index (χ3v) is 3.49. The predicted molar refractivity (Wildman–Crippen MR) is 90.6 cm³/mol. The van der Waals surface area contributed by atoms with E-state index in [4.69, 9.17) is 4.52 Å². The van der Waals surface area contributed by atoms with Gasteiger partial charge in [0.15, 0.2) is 17.0 Å². The van der Waals surface area contributed by atoms with E-state index in [9.17, 15) is 9.59 Å². The number of carbonyl (C=O) groups excluding carboxylic acids is 2. The summed E-state index contributed by atoms with van der Waals surface area (Å²) in [5.74, 6) is -0.527. The highest BCUT2D eigenvalue weighted by molar-refractivity contribution is 6.39. The standard InChI is InChI=1S/C19H17NO3/c1-5-9-12(7-3)17-14(21)11-15(22)18(17)19-13(8-4)16(10-6-2)23-20-19/h5-10H,1-3,11H2,4H3/b12-9+,13-8+,16-10+. The molecule has 116 valence electrons. The molecule has 0 aliphatic heterocycles. The van der Waals surface area contributed by atoms with Gasteiger partial charge in [-0.15, -0.1) is 0 Å². The SMILES string of the molecule is C=C/C=C(\C=C)C1=C(c2noc(=C/C=C)/c2=C\C)C(=O)CC1=O. The number of rotatable bonds is 5. The lowest BCUT2D eigenvalue weighted by Gasteiger charge is -2.03. The Bertz CT molecular complexity index is 892. The molecule has 0 saturated heterocycles. The number of nitrogens with zero attached hydrogens (tertiary/aromatic N) is 1. The molecule has 1 aliphatic carbocycles. The number of carbonyl (C=O) groups is 2. The summed E-state index contributed by atoms with van der Waals surface area (Å²) in [6.07, 6.45) is 9.55. The van der Waals surface area contributed by atoms with Crippen LogP contribution < -0.4 is 10.6 Å². The van der Waals surface area contributed by atoms with E-state index in [1.165, 1.54) is 6.08 Å². The molecule has 0 radical (unpaired) electrons. The van der Waals surface area contributed by atoms with Gasteiger partial charge in [0.1, 0.15) is 5.69 Å². The third kappa shape index (κ3) is 2.83. The van der Waals surface area contributed by atoms with Crippen LogP contribution in [0.15, 0.2) is 59.7 Å². The van der Waals surface area contributed by atoms with Crippen LogP contribution in [-0.4, -0.2) is 16.7 Å². The fourth-order valence-corrected chi connectivity index (χ4v) is 2.53. The molecule has 0 spiro atoms. The van der Waals surface area contributed by atoms with Gasteiger partial charge in [0, 0.05) is 10.8 Å². The highest BCUT2D eigenvalue weighted by atomic mass is 16.5. The lowest BCUT2D eigenvalue weighted by molar-refractivity contribution is -0.120. The summed E-state index contributed by atoms with van der Waals surface area (Å²) in [5.41, 5.74) is 1.98. The molecule has 23 heavy (non-hydrogen) atoms. The van der Waals surface area contributed by atoms with Gasteiger partial charge in [-0.1, -0.05) is 55.3 Å². The van der Waals surface area contributed by atoms with Gasteiger partial charge in [-0.2, -0.15) is 0 Å². The van der Waals surface area contributed by atoms with Crippen LogP contribution >= 0.6 is 0 Å². The van der Waals surface area contributed by atoms with E-state index in [2.05, 4.69) is 24.9 Å². The molecule has 2 rings (SSSR count). The normalized spacial score (nSPS) is 17.2. The van der Waals surface area contributed by atoms with Gasteiger partial charge >= 0.3 is 0 Å². The first-order chi connectivity index (χ1) is 11.1. The maximum Gasteiger partial charge on any atom is 0.173 e. The molecule has 0 aromatic carbocycles. The number of aromatic nitrogens is 1. The van der Waals surface area contributed by atoms with E-state index in [0.29, 0.717) is 27.5 Å². The van der Waals surface area contributed by atoms with Crippen molar-refractivity contribution in [2.45, 2.75) is 13.3 Å². The van der Waals surface area contributed by atoms with Crippen molar-refractivity contribution in [2.75, 3.05) is 0 Å². The minimum Gasteiger partial charge on any atom is -0.356 e. The maximum atomic E-state index is 12.4. The number of ketones is 2. The molecule has 0 saturated carbocycles. The summed E-state index contributed by atoms with van der Waals surface area (Å²) >= 11 is 0. The van der Waals surface area contributed by atoms with E-state index < -0.39 is 0 Å². The molecule has 0 atom stereocenters. The highest BCUT2D eigenvalue weighted by Crippen LogP contribution is 2.31. The molecular formula is C19H17NO3. The lowest BCUT2D eigenvalue weighted by atomic mass is 9.98. The molecule has 1 aromatic rings. The van der Waals surface area contributed by atoms with Crippen LogP contribution in [0.3, 0.4) is 0 Å². The van der Waals surface area contributed by atoms with Crippen molar-refractivity contribution in [3.8, 4) is 0 Å². The summed E-state index contributed by atoms with van der Waals surface area (Å²) < 4.78 is 5.27. The smallest absolute Gasteiger partial charge is 0.173 e. The van der Waals surface area contributed by atoms with Crippen molar-refractivity contribution < 1.29 is 14.1 Å². The Labute approximate surface area is 134 Å². The number of allylic oxidation sites excluding steroid dienone is 7. The Morgan fingerprint density at radius 1 is 1.17 bits per heavy atom. The van der Waals surface area contributed by atoms with Crippen molar-refractivity contribution >= 4 is 29.3 Å². The monoisotopic (exact) mass is 307 g/mol. The summed E-state index contributed by atoms with van der Waals surface area (Å²) in [6.45, 7) is 12.8. The van der Waals surface area contributed by atoms with Crippen LogP contribution in [0.25, 0.3) is 17.7 Å². The van der Waals surface area contributed by atoms with Gasteiger partial charge in [-0.3, -0.25) is 9.59 Å². The van der Waals surface area contributed by atoms with E-state index >= 15 is 0 Å². The van der Waals surface area contributed by atoms with Gasteiger partial charge < -0.3 is 4.52 Å². The summed E-state index contributed by atoms with van der Waals surface area (Å²) in [6, 6.07) is 0. The van der Waals surface area contributed by atoms with Gasteiger partial charge in [0.05, 0.1) is 12.0 Å². The van der Waals surface area contributed by atoms with Crippen LogP contribution in [0.2, 0.25) is 0 Å². The number of Topliss-reactive ketones (excluding diaryl/α,β-unsaturated/α-hetero) is 2. The van der Waals surface area contributed by atoms with Crippen LogP contribution in [0, 0.1) is 0 Å². The second-order valence-corrected chi connectivity index (χ2v) is 4.84. The molecular weight excluding hydrogens is 290 g/mol. The summed E-state index contributed by atoms with van der Waals surface area (Å²) in [7, 11) is 0. The van der Waals surface area contributed by atoms with Crippen LogP contribution in [0.5, 0.6) is 0 Å². The second kappa shape index (κ2) is 6.83. The number of hydrogen-bond donors (Lipinski definition) is 0. The fourth-order valence-electron chi connectivity index (χ4n) is 2.53. The van der Waals surface area contributed by atoms with Crippen LogP contribution in [0.4, 0.5) is 0 Å². The van der Waals surface area contributed by atoms with Crippen molar-refractivity contribution in [2.24, 2.45) is 0 Å². The molecule has 4 heteroatoms. The third-order valence-electron chi connectivity index (χ3n) is 3.49. The van der Waals surface area contributed by atoms with Gasteiger partial charge in [-0.25, -0.2) is 0 Å². The van der Waals surface area contributed by atoms with Crippen molar-refractivity contribution in [1.29, 1.82) is 0 Å². The topological polar surface area (TPSA) is 60.2 Å². The molecule has 0 amide bonds. The first kappa shape index (κ1) is 16.4. The molecule has 0 fully saturated rings. The lowest BCUT2D eigenvalue weighted by Crippen LogP contribution is -2.23. The Balaban J connectivity index is 2.87. The first-order valence-corrected chi connectivity index (χ1v) is 7.10. The Kier molecular flexibility index (Phi) is 4.86. The van der Waals surface area contributed by atoms with Crippen molar-refractivity contribution in [3.05, 3.63) is 71.5 Å². The predicted octanol–water partition coefficient (Wildman–Crippen LogP) is 2.04. The zero-order valence-corrected chi connectivity index (χ0v) is 13.0. The maximum absolute atomic E-state index is 12.4. The van der Waals surface area contributed by atoms with E-state index in [-0.39, 0.29) is 23.6 Å². The van der Waals surface area contributed by atoms with Gasteiger partial charge in [0.25, 0.3) is 0 Å². The average Bonchev–Trinajstić information content (AvgIpc) is 3.05. The summed E-state index contributed by atoms with van der Waals surface area (Å²) in [5, 5.41) is 4.65. The van der Waals surface area contributed by atoms with Crippen molar-refractivity contribution in [3.63, 3.8) is 0 Å². The quantitative estimate of drug-likeness (QED) is 0.617. The van der Waals surface area contributed by atoms with Crippen LogP contribution in [0.1, 0.15) is 19.0 Å². The Hall–Kier alpha value is -3.01. The van der Waals surface area contributed by atoms with Crippen LogP contribution in [-0.2, 0) is 9.59 Å². The largest absolute Gasteiger partial charge is 0.356 e. The molecule has 0 N–H and O–H groups in total. The van der Waals surface area contributed by atoms with E-state index in [1.807, 2.05) is 6.92 Å². The molecule has 0 unspecified atom stereocenters. The van der Waals surface area contributed by atoms with Crippen molar-refractivity contribution in [1.82, 2.24) is 5.16 Å². The minimum absolute atomic E-state index is 0.177. The molecule has 0 bridgehead atoms. The van der Waals surface area contributed by atoms with E-state index in [0.717, 1.165) is 0 Å². The minimum atomic E-state index is -0.275. The Morgan fingerprint density at radius 2 is 1.91 bits per heavy atom. The summed E-state index contributed by atoms with van der Waals surface area (Å²) in [4.78, 5) is 24.6. The second-order valence-electron chi connectivity index (χ2n) is 4.84. The molecule has 4 nitrogen and oxygen atoms in total. The first-order valence-electron chi connectivity index (χ1n) is 7.10. The zero-order valence-electron chi connectivity index (χ0n) is 13.0. The Morgan fingerprint density at radius 3 is 2.48 bits per heavy atom. The molecule has 1 aliphatic rings.